The fourth-order valence-electron chi connectivity index (χ4n) is 1.87. The fraction of sp³-hybridized carbons (Fsp3) is 0.308. The van der Waals surface area contributed by atoms with Crippen LogP contribution in [0.5, 0.6) is 0 Å². The molecule has 90 valence electrons. The van der Waals surface area contributed by atoms with Gasteiger partial charge < -0.3 is 0 Å². The molecule has 0 aliphatic rings. The van der Waals surface area contributed by atoms with Crippen molar-refractivity contribution in [2.24, 2.45) is 0 Å². The molecule has 0 amide bonds. The summed E-state index contributed by atoms with van der Waals surface area (Å²) in [5.41, 5.74) is 3.42. The molecule has 0 bridgehead atoms. The molecule has 0 radical (unpaired) electrons. The predicted octanol–water partition coefficient (Wildman–Crippen LogP) is 4.66. The van der Waals surface area contributed by atoms with Crippen molar-refractivity contribution in [3.05, 3.63) is 38.9 Å². The number of nitrogens with zero attached hydrogens (tertiary/aromatic N) is 2. The number of hydrogen-bond acceptors (Lipinski definition) is 1. The summed E-state index contributed by atoms with van der Waals surface area (Å²) in [4.78, 5) is 0. The van der Waals surface area contributed by atoms with E-state index in [4.69, 9.17) is 0 Å². The van der Waals surface area contributed by atoms with E-state index in [0.717, 1.165) is 33.2 Å². The van der Waals surface area contributed by atoms with Crippen molar-refractivity contribution >= 4 is 31.9 Å². The van der Waals surface area contributed by atoms with Gasteiger partial charge in [-0.1, -0.05) is 35.0 Å². The van der Waals surface area contributed by atoms with E-state index in [1.807, 2.05) is 12.1 Å². The van der Waals surface area contributed by atoms with Crippen LogP contribution in [-0.2, 0) is 13.0 Å². The van der Waals surface area contributed by atoms with Gasteiger partial charge in [-0.3, -0.25) is 4.68 Å². The zero-order chi connectivity index (χ0) is 12.4. The molecule has 1 aromatic carbocycles. The molecule has 2 aromatic rings. The zero-order valence-electron chi connectivity index (χ0n) is 9.87. The minimum atomic E-state index is 0.901. The number of aromatic nitrogens is 2. The minimum absolute atomic E-state index is 0.901. The Kier molecular flexibility index (Phi) is 4.05. The Labute approximate surface area is 118 Å². The second kappa shape index (κ2) is 5.36. The summed E-state index contributed by atoms with van der Waals surface area (Å²) in [6.45, 7) is 5.17. The Morgan fingerprint density at radius 1 is 1.12 bits per heavy atom. The zero-order valence-corrected chi connectivity index (χ0v) is 13.0. The van der Waals surface area contributed by atoms with Gasteiger partial charge in [-0.25, -0.2) is 0 Å². The van der Waals surface area contributed by atoms with Crippen LogP contribution in [-0.4, -0.2) is 9.78 Å². The van der Waals surface area contributed by atoms with Crippen LogP contribution >= 0.6 is 31.9 Å². The van der Waals surface area contributed by atoms with Crippen LogP contribution < -0.4 is 0 Å². The van der Waals surface area contributed by atoms with Crippen LogP contribution in [0.2, 0.25) is 0 Å². The van der Waals surface area contributed by atoms with Gasteiger partial charge in [0.15, 0.2) is 0 Å². The van der Waals surface area contributed by atoms with Crippen LogP contribution in [0, 0.1) is 0 Å². The maximum absolute atomic E-state index is 4.65. The molecule has 0 aliphatic heterocycles. The molecule has 0 spiro atoms. The average molecular weight is 358 g/mol. The molecule has 0 aliphatic carbocycles. The summed E-state index contributed by atoms with van der Waals surface area (Å²) in [7, 11) is 0. The van der Waals surface area contributed by atoms with Crippen molar-refractivity contribution in [3.63, 3.8) is 0 Å². The van der Waals surface area contributed by atoms with Crippen molar-refractivity contribution in [3.8, 4) is 11.3 Å². The Morgan fingerprint density at radius 2 is 1.76 bits per heavy atom. The van der Waals surface area contributed by atoms with E-state index in [-0.39, 0.29) is 0 Å². The van der Waals surface area contributed by atoms with E-state index < -0.39 is 0 Å². The first kappa shape index (κ1) is 12.8. The lowest BCUT2D eigenvalue weighted by Crippen LogP contribution is -2.01. The molecule has 1 aromatic heterocycles. The Bertz CT molecular complexity index is 515. The number of halogens is 2. The van der Waals surface area contributed by atoms with Gasteiger partial charge in [-0.15, -0.1) is 0 Å². The smallest absolute Gasteiger partial charge is 0.107 e. The van der Waals surface area contributed by atoms with Crippen molar-refractivity contribution in [2.45, 2.75) is 26.8 Å². The maximum Gasteiger partial charge on any atom is 0.107 e. The molecule has 0 fully saturated rings. The molecule has 4 heteroatoms. The summed E-state index contributed by atoms with van der Waals surface area (Å²) in [5, 5.41) is 4.65. The molecule has 2 rings (SSSR count). The topological polar surface area (TPSA) is 17.8 Å². The van der Waals surface area contributed by atoms with Crippen LogP contribution in [0.3, 0.4) is 0 Å². The highest BCUT2D eigenvalue weighted by Crippen LogP contribution is 2.31. The molecule has 0 saturated heterocycles. The minimum Gasteiger partial charge on any atom is -0.268 e. The van der Waals surface area contributed by atoms with Gasteiger partial charge in [-0.05, 0) is 41.4 Å². The van der Waals surface area contributed by atoms with Gasteiger partial charge in [0.05, 0.1) is 10.2 Å². The van der Waals surface area contributed by atoms with E-state index in [2.05, 4.69) is 67.6 Å². The summed E-state index contributed by atoms with van der Waals surface area (Å²) < 4.78 is 4.26. The second-order valence-electron chi connectivity index (χ2n) is 3.79. The SMILES string of the molecule is CCc1c(Br)c(-c2ccc(Br)cc2)nn1CC. The normalized spacial score (nSPS) is 10.8. The molecule has 2 nitrogen and oxygen atoms in total. The molecule has 0 atom stereocenters. The quantitative estimate of drug-likeness (QED) is 0.781. The highest BCUT2D eigenvalue weighted by atomic mass is 79.9. The first-order chi connectivity index (χ1) is 8.17. The lowest BCUT2D eigenvalue weighted by Gasteiger charge is -2.00. The number of hydrogen-bond donors (Lipinski definition) is 0. The summed E-state index contributed by atoms with van der Waals surface area (Å²) >= 11 is 7.11. The first-order valence-electron chi connectivity index (χ1n) is 5.68. The van der Waals surface area contributed by atoms with Gasteiger partial charge in [0.2, 0.25) is 0 Å². The monoisotopic (exact) mass is 356 g/mol. The van der Waals surface area contributed by atoms with Crippen LogP contribution in [0.4, 0.5) is 0 Å². The Morgan fingerprint density at radius 3 is 2.24 bits per heavy atom. The molecule has 0 unspecified atom stereocenters. The largest absolute Gasteiger partial charge is 0.268 e. The standard InChI is InChI=1S/C13H14Br2N2/c1-3-11-12(15)13(16-17(11)4-2)9-5-7-10(14)8-6-9/h5-8H,3-4H2,1-2H3. The van der Waals surface area contributed by atoms with Crippen molar-refractivity contribution in [2.75, 3.05) is 0 Å². The molecule has 17 heavy (non-hydrogen) atoms. The van der Waals surface area contributed by atoms with Gasteiger partial charge >= 0.3 is 0 Å². The molecule has 0 N–H and O–H groups in total. The summed E-state index contributed by atoms with van der Waals surface area (Å²) in [5.74, 6) is 0. The van der Waals surface area contributed by atoms with Crippen molar-refractivity contribution in [1.82, 2.24) is 9.78 Å². The van der Waals surface area contributed by atoms with E-state index in [1.54, 1.807) is 0 Å². The van der Waals surface area contributed by atoms with E-state index in [0.29, 0.717) is 0 Å². The van der Waals surface area contributed by atoms with E-state index in [1.165, 1.54) is 5.69 Å². The maximum atomic E-state index is 4.65. The lowest BCUT2D eigenvalue weighted by molar-refractivity contribution is 0.627. The third kappa shape index (κ3) is 2.47. The van der Waals surface area contributed by atoms with Crippen LogP contribution in [0.25, 0.3) is 11.3 Å². The lowest BCUT2D eigenvalue weighted by atomic mass is 10.1. The molecule has 1 heterocycles. The van der Waals surface area contributed by atoms with E-state index >= 15 is 0 Å². The van der Waals surface area contributed by atoms with Gasteiger partial charge in [0, 0.05) is 16.6 Å². The van der Waals surface area contributed by atoms with Gasteiger partial charge in [-0.2, -0.15) is 5.10 Å². The predicted molar refractivity (Wildman–Crippen MR) is 78.1 cm³/mol. The van der Waals surface area contributed by atoms with Gasteiger partial charge in [0.25, 0.3) is 0 Å². The third-order valence-corrected chi connectivity index (χ3v) is 4.11. The second-order valence-corrected chi connectivity index (χ2v) is 5.49. The molecular weight excluding hydrogens is 344 g/mol. The fourth-order valence-corrected chi connectivity index (χ4v) is 2.92. The third-order valence-electron chi connectivity index (χ3n) is 2.75. The first-order valence-corrected chi connectivity index (χ1v) is 7.27. The highest BCUT2D eigenvalue weighted by Gasteiger charge is 2.14. The molecule has 0 saturated carbocycles. The molecular formula is C13H14Br2N2. The summed E-state index contributed by atoms with van der Waals surface area (Å²) in [6, 6.07) is 8.24. The highest BCUT2D eigenvalue weighted by molar-refractivity contribution is 9.10. The Balaban J connectivity index is 2.52. The van der Waals surface area contributed by atoms with Crippen LogP contribution in [0.1, 0.15) is 19.5 Å². The average Bonchev–Trinajstić information content (AvgIpc) is 2.66. The number of aryl methyl sites for hydroxylation is 1. The number of rotatable bonds is 3. The number of benzene rings is 1. The van der Waals surface area contributed by atoms with E-state index in [9.17, 15) is 0 Å². The van der Waals surface area contributed by atoms with Crippen LogP contribution in [0.15, 0.2) is 33.2 Å². The van der Waals surface area contributed by atoms with Crippen molar-refractivity contribution < 1.29 is 0 Å². The van der Waals surface area contributed by atoms with Crippen molar-refractivity contribution in [1.29, 1.82) is 0 Å². The summed E-state index contributed by atoms with van der Waals surface area (Å²) in [6.07, 6.45) is 0.984. The Hall–Kier alpha value is -0.610. The van der Waals surface area contributed by atoms with Gasteiger partial charge in [0.1, 0.15) is 5.69 Å².